The molecule has 0 unspecified atom stereocenters. The molecule has 0 aliphatic rings. The van der Waals surface area contributed by atoms with Crippen LogP contribution in [0.4, 0.5) is 19.0 Å². The smallest absolute Gasteiger partial charge is 0.339 e. The Balaban J connectivity index is 1.68. The Morgan fingerprint density at radius 1 is 1.14 bits per heavy atom. The second-order valence-corrected chi connectivity index (χ2v) is 6.15. The van der Waals surface area contributed by atoms with Gasteiger partial charge in [0.25, 0.3) is 5.91 Å². The summed E-state index contributed by atoms with van der Waals surface area (Å²) in [6.45, 7) is 0. The molecule has 1 amide bonds. The molecule has 9 heteroatoms. The van der Waals surface area contributed by atoms with Gasteiger partial charge in [0, 0.05) is 29.9 Å². The lowest BCUT2D eigenvalue weighted by Gasteiger charge is -2.11. The minimum Gasteiger partial charge on any atom is -0.339 e. The molecule has 4 aromatic rings. The molecule has 0 fully saturated rings. The van der Waals surface area contributed by atoms with Crippen LogP contribution in [0.5, 0.6) is 0 Å². The highest BCUT2D eigenvalue weighted by atomic mass is 19.4. The largest absolute Gasteiger partial charge is 0.417 e. The van der Waals surface area contributed by atoms with Gasteiger partial charge in [-0.1, -0.05) is 18.2 Å². The molecule has 0 radical (unpaired) electrons. The van der Waals surface area contributed by atoms with Crippen molar-refractivity contribution in [2.24, 2.45) is 7.05 Å². The number of nitrogens with zero attached hydrogens (tertiary/aromatic N) is 3. The number of anilines is 1. The maximum Gasteiger partial charge on any atom is 0.417 e. The van der Waals surface area contributed by atoms with Gasteiger partial charge < -0.3 is 10.3 Å². The van der Waals surface area contributed by atoms with Crippen LogP contribution in [0, 0.1) is 0 Å². The number of carbonyl (C=O) groups is 1. The van der Waals surface area contributed by atoms with Crippen molar-refractivity contribution in [1.82, 2.24) is 19.7 Å². The number of hydrogen-bond donors (Lipinski definition) is 2. The van der Waals surface area contributed by atoms with Crippen LogP contribution in [-0.2, 0) is 13.2 Å². The number of H-pyrrole nitrogens is 1. The zero-order chi connectivity index (χ0) is 19.9. The van der Waals surface area contributed by atoms with Crippen LogP contribution in [0.15, 0.2) is 54.7 Å². The number of fused-ring (bicyclic) bond motifs is 1. The summed E-state index contributed by atoms with van der Waals surface area (Å²) in [5, 5.41) is 7.21. The summed E-state index contributed by atoms with van der Waals surface area (Å²) in [6, 6.07) is 11.8. The van der Waals surface area contributed by atoms with Crippen LogP contribution in [0.3, 0.4) is 0 Å². The number of halogens is 3. The summed E-state index contributed by atoms with van der Waals surface area (Å²) in [5.74, 6) is -0.114. The standard InChI is InChI=1S/C19H14F3N5O/c1-27-15(8-9-23-27)18(28)26-16-7-6-11-10-14(24-17(11)25-16)12-4-2-3-5-13(12)19(20,21)22/h2-10H,1H3,(H2,24,25,26,28). The zero-order valence-corrected chi connectivity index (χ0v) is 14.6. The van der Waals surface area contributed by atoms with Crippen molar-refractivity contribution in [2.75, 3.05) is 5.32 Å². The molecule has 0 saturated heterocycles. The molecule has 142 valence electrons. The molecule has 0 saturated carbocycles. The molecule has 2 N–H and O–H groups in total. The SMILES string of the molecule is Cn1nccc1C(=O)Nc1ccc2cc(-c3ccccc3C(F)(F)F)[nH]c2n1. The van der Waals surface area contributed by atoms with Gasteiger partial charge >= 0.3 is 6.18 Å². The highest BCUT2D eigenvalue weighted by Crippen LogP contribution is 2.37. The third-order valence-electron chi connectivity index (χ3n) is 4.30. The van der Waals surface area contributed by atoms with Gasteiger partial charge in [0.05, 0.1) is 5.56 Å². The van der Waals surface area contributed by atoms with Crippen LogP contribution in [0.2, 0.25) is 0 Å². The third kappa shape index (κ3) is 3.22. The average Bonchev–Trinajstić information content (AvgIpc) is 3.26. The number of rotatable bonds is 3. The molecule has 6 nitrogen and oxygen atoms in total. The van der Waals surface area contributed by atoms with Gasteiger partial charge in [-0.15, -0.1) is 0 Å². The first-order chi connectivity index (χ1) is 13.3. The van der Waals surface area contributed by atoms with E-state index in [2.05, 4.69) is 20.4 Å². The Morgan fingerprint density at radius 2 is 1.93 bits per heavy atom. The van der Waals surface area contributed by atoms with E-state index < -0.39 is 11.7 Å². The number of nitrogens with one attached hydrogen (secondary N) is 2. The van der Waals surface area contributed by atoms with Gasteiger partial charge in [-0.05, 0) is 30.3 Å². The minimum atomic E-state index is -4.47. The number of hydrogen-bond acceptors (Lipinski definition) is 3. The molecule has 4 rings (SSSR count). The normalized spacial score (nSPS) is 11.7. The van der Waals surface area contributed by atoms with Crippen molar-refractivity contribution in [3.8, 4) is 11.3 Å². The Morgan fingerprint density at radius 3 is 2.64 bits per heavy atom. The van der Waals surface area contributed by atoms with E-state index in [4.69, 9.17) is 0 Å². The summed E-state index contributed by atoms with van der Waals surface area (Å²) in [6.07, 6.45) is -2.97. The summed E-state index contributed by atoms with van der Waals surface area (Å²) in [4.78, 5) is 19.5. The molecule has 0 aliphatic heterocycles. The van der Waals surface area contributed by atoms with E-state index in [-0.39, 0.29) is 17.3 Å². The first kappa shape index (κ1) is 17.8. The second kappa shape index (κ2) is 6.52. The van der Waals surface area contributed by atoms with Crippen molar-refractivity contribution in [2.45, 2.75) is 6.18 Å². The molecule has 1 aromatic carbocycles. The first-order valence-corrected chi connectivity index (χ1v) is 8.28. The predicted molar refractivity (Wildman–Crippen MR) is 97.7 cm³/mol. The molecule has 0 spiro atoms. The van der Waals surface area contributed by atoms with Gasteiger partial charge in [-0.3, -0.25) is 9.48 Å². The van der Waals surface area contributed by atoms with E-state index in [1.165, 1.54) is 23.0 Å². The summed E-state index contributed by atoms with van der Waals surface area (Å²) in [7, 11) is 1.64. The Hall–Kier alpha value is -3.62. The fraction of sp³-hybridized carbons (Fsp3) is 0.105. The van der Waals surface area contributed by atoms with Gasteiger partial charge in [-0.2, -0.15) is 18.3 Å². The van der Waals surface area contributed by atoms with Crippen molar-refractivity contribution < 1.29 is 18.0 Å². The fourth-order valence-electron chi connectivity index (χ4n) is 2.96. The van der Waals surface area contributed by atoms with Crippen molar-refractivity contribution in [3.05, 3.63) is 66.0 Å². The molecular formula is C19H14F3N5O. The van der Waals surface area contributed by atoms with E-state index >= 15 is 0 Å². The number of aromatic nitrogens is 4. The Labute approximate surface area is 157 Å². The molecule has 28 heavy (non-hydrogen) atoms. The topological polar surface area (TPSA) is 75.6 Å². The maximum absolute atomic E-state index is 13.3. The fourth-order valence-corrected chi connectivity index (χ4v) is 2.96. The Bertz CT molecular complexity index is 1180. The number of benzene rings is 1. The summed E-state index contributed by atoms with van der Waals surface area (Å²) in [5.41, 5.74) is 0.327. The van der Waals surface area contributed by atoms with E-state index in [1.807, 2.05) is 0 Å². The predicted octanol–water partition coefficient (Wildman–Crippen LogP) is 4.23. The highest BCUT2D eigenvalue weighted by Gasteiger charge is 2.33. The van der Waals surface area contributed by atoms with E-state index in [9.17, 15) is 18.0 Å². The van der Waals surface area contributed by atoms with E-state index in [0.717, 1.165) is 6.07 Å². The second-order valence-electron chi connectivity index (χ2n) is 6.15. The van der Waals surface area contributed by atoms with E-state index in [1.54, 1.807) is 37.4 Å². The molecule has 0 aliphatic carbocycles. The number of aryl methyl sites for hydroxylation is 1. The lowest BCUT2D eigenvalue weighted by molar-refractivity contribution is -0.137. The zero-order valence-electron chi connectivity index (χ0n) is 14.6. The monoisotopic (exact) mass is 385 g/mol. The molecule has 0 atom stereocenters. The molecule has 0 bridgehead atoms. The number of alkyl halides is 3. The van der Waals surface area contributed by atoms with Crippen molar-refractivity contribution in [1.29, 1.82) is 0 Å². The quantitative estimate of drug-likeness (QED) is 0.554. The average molecular weight is 385 g/mol. The van der Waals surface area contributed by atoms with Crippen LogP contribution in [0.1, 0.15) is 16.1 Å². The van der Waals surface area contributed by atoms with Crippen LogP contribution in [0.25, 0.3) is 22.3 Å². The van der Waals surface area contributed by atoms with Crippen LogP contribution in [-0.4, -0.2) is 25.7 Å². The molecular weight excluding hydrogens is 371 g/mol. The number of amides is 1. The number of carbonyl (C=O) groups excluding carboxylic acids is 1. The highest BCUT2D eigenvalue weighted by molar-refractivity contribution is 6.03. The van der Waals surface area contributed by atoms with Gasteiger partial charge in [-0.25, -0.2) is 4.98 Å². The van der Waals surface area contributed by atoms with E-state index in [0.29, 0.717) is 22.4 Å². The van der Waals surface area contributed by atoms with Crippen molar-refractivity contribution in [3.63, 3.8) is 0 Å². The maximum atomic E-state index is 13.3. The van der Waals surface area contributed by atoms with Gasteiger partial charge in [0.2, 0.25) is 0 Å². The Kier molecular flexibility index (Phi) is 4.14. The number of pyridine rings is 1. The number of aromatic amines is 1. The third-order valence-corrected chi connectivity index (χ3v) is 4.30. The molecule has 3 aromatic heterocycles. The lowest BCUT2D eigenvalue weighted by atomic mass is 10.0. The van der Waals surface area contributed by atoms with Crippen molar-refractivity contribution >= 4 is 22.8 Å². The minimum absolute atomic E-state index is 0.0356. The first-order valence-electron chi connectivity index (χ1n) is 8.28. The summed E-state index contributed by atoms with van der Waals surface area (Å²) >= 11 is 0. The van der Waals surface area contributed by atoms with Crippen LogP contribution >= 0.6 is 0 Å². The van der Waals surface area contributed by atoms with Gasteiger partial charge in [0.15, 0.2) is 0 Å². The lowest BCUT2D eigenvalue weighted by Crippen LogP contribution is -2.16. The van der Waals surface area contributed by atoms with Gasteiger partial charge in [0.1, 0.15) is 17.2 Å². The molecule has 3 heterocycles. The van der Waals surface area contributed by atoms with Crippen LogP contribution < -0.4 is 5.32 Å². The summed E-state index contributed by atoms with van der Waals surface area (Å²) < 4.78 is 41.3.